The maximum absolute atomic E-state index is 15.0. The van der Waals surface area contributed by atoms with Gasteiger partial charge in [-0.3, -0.25) is 4.79 Å². The number of halogens is 5. The third kappa shape index (κ3) is 7.33. The number of hydrogen-bond donors (Lipinski definition) is 0. The van der Waals surface area contributed by atoms with Gasteiger partial charge in [0.1, 0.15) is 10.3 Å². The molecule has 0 aliphatic heterocycles. The Morgan fingerprint density at radius 2 is 1.50 bits per heavy atom. The van der Waals surface area contributed by atoms with Gasteiger partial charge in [-0.15, -0.1) is 11.8 Å². The van der Waals surface area contributed by atoms with Crippen LogP contribution >= 0.6 is 35.0 Å². The summed E-state index contributed by atoms with van der Waals surface area (Å²) < 4.78 is 47.7. The van der Waals surface area contributed by atoms with Crippen LogP contribution in [-0.4, -0.2) is 23.5 Å². The number of hydrogen-bond acceptors (Lipinski definition) is 4. The van der Waals surface area contributed by atoms with E-state index in [2.05, 4.69) is 0 Å². The molecule has 0 aliphatic rings. The maximum atomic E-state index is 15.0. The van der Waals surface area contributed by atoms with Gasteiger partial charge in [0.25, 0.3) is 0 Å². The third-order valence-corrected chi connectivity index (χ3v) is 7.71. The van der Waals surface area contributed by atoms with Crippen molar-refractivity contribution in [3.05, 3.63) is 105 Å². The molecule has 202 valence electrons. The number of carbonyl (C=O) groups excluding carboxylic acids is 2. The van der Waals surface area contributed by atoms with Gasteiger partial charge in [0.15, 0.2) is 5.78 Å². The van der Waals surface area contributed by atoms with Gasteiger partial charge in [-0.25, -0.2) is 4.79 Å². The van der Waals surface area contributed by atoms with E-state index < -0.39 is 34.7 Å². The molecule has 0 spiro atoms. The Kier molecular flexibility index (Phi) is 9.28. The first-order valence-corrected chi connectivity index (χ1v) is 13.4. The van der Waals surface area contributed by atoms with Crippen LogP contribution in [-0.2, 0) is 15.2 Å². The molecule has 0 aliphatic carbocycles. The van der Waals surface area contributed by atoms with E-state index in [1.54, 1.807) is 58.0 Å². The van der Waals surface area contributed by atoms with Crippen molar-refractivity contribution in [3.63, 3.8) is 0 Å². The van der Waals surface area contributed by atoms with E-state index >= 15 is 0 Å². The lowest BCUT2D eigenvalue weighted by Crippen LogP contribution is -2.41. The Labute approximate surface area is 234 Å². The van der Waals surface area contributed by atoms with Crippen molar-refractivity contribution >= 4 is 46.7 Å². The van der Waals surface area contributed by atoms with Gasteiger partial charge >= 0.3 is 12.1 Å². The Morgan fingerprint density at radius 1 is 0.895 bits per heavy atom. The predicted octanol–water partition coefficient (Wildman–Crippen LogP) is 9.22. The molecule has 3 nitrogen and oxygen atoms in total. The van der Waals surface area contributed by atoms with Gasteiger partial charge < -0.3 is 4.74 Å². The molecule has 0 amide bonds. The van der Waals surface area contributed by atoms with Gasteiger partial charge in [0.2, 0.25) is 0 Å². The Bertz CT molecular complexity index is 1300. The van der Waals surface area contributed by atoms with Crippen molar-refractivity contribution < 1.29 is 27.5 Å². The highest BCUT2D eigenvalue weighted by Gasteiger charge is 2.57. The van der Waals surface area contributed by atoms with Crippen LogP contribution in [0.1, 0.15) is 64.6 Å². The van der Waals surface area contributed by atoms with Gasteiger partial charge in [0.05, 0.1) is 5.56 Å². The minimum absolute atomic E-state index is 0.00558. The molecule has 1 atom stereocenters. The first kappa shape index (κ1) is 30.1. The molecule has 9 heteroatoms. The minimum atomic E-state index is -4.83. The van der Waals surface area contributed by atoms with E-state index in [4.69, 9.17) is 27.9 Å². The van der Waals surface area contributed by atoms with E-state index in [0.717, 1.165) is 0 Å². The topological polar surface area (TPSA) is 43.4 Å². The second kappa shape index (κ2) is 11.7. The molecule has 0 heterocycles. The van der Waals surface area contributed by atoms with Crippen molar-refractivity contribution in [1.29, 1.82) is 0 Å². The average molecular weight is 583 g/mol. The molecule has 0 N–H and O–H groups in total. The summed E-state index contributed by atoms with van der Waals surface area (Å²) in [7, 11) is 0. The minimum Gasteiger partial charge on any atom is -0.456 e. The highest BCUT2D eigenvalue weighted by atomic mass is 35.5. The summed E-state index contributed by atoms with van der Waals surface area (Å²) in [6, 6.07) is 16.6. The lowest BCUT2D eigenvalue weighted by Gasteiger charge is -2.36. The zero-order chi connectivity index (χ0) is 28.3. The fourth-order valence-electron chi connectivity index (χ4n) is 3.88. The van der Waals surface area contributed by atoms with Crippen LogP contribution in [0.25, 0.3) is 0 Å². The van der Waals surface area contributed by atoms with E-state index in [9.17, 15) is 22.8 Å². The number of esters is 1. The maximum Gasteiger partial charge on any atom is 0.407 e. The summed E-state index contributed by atoms with van der Waals surface area (Å²) in [6.07, 6.45) is -5.72. The SMILES string of the molecule is Cc1cc(C(=O)CC(SCc2ccccc2)(c2cc(Cl)cc(Cl)c2)C(F)(F)F)ccc1C(=O)OC(C)(C)C. The van der Waals surface area contributed by atoms with E-state index in [1.165, 1.54) is 36.4 Å². The molecule has 0 fully saturated rings. The van der Waals surface area contributed by atoms with Crippen LogP contribution < -0.4 is 0 Å². The van der Waals surface area contributed by atoms with Crippen LogP contribution in [0.15, 0.2) is 66.7 Å². The molecule has 0 aromatic heterocycles. The smallest absolute Gasteiger partial charge is 0.407 e. The summed E-state index contributed by atoms with van der Waals surface area (Å²) in [5.41, 5.74) is 0.447. The largest absolute Gasteiger partial charge is 0.456 e. The third-order valence-electron chi connectivity index (χ3n) is 5.69. The number of Topliss-reactive ketones (excluding diaryl/α,β-unsaturated/α-hetero) is 1. The Balaban J connectivity index is 2.03. The summed E-state index contributed by atoms with van der Waals surface area (Å²) in [5.74, 6) is -1.32. The molecular weight excluding hydrogens is 556 g/mol. The number of rotatable bonds is 8. The quantitative estimate of drug-likeness (QED) is 0.196. The molecule has 3 aromatic carbocycles. The van der Waals surface area contributed by atoms with Crippen molar-refractivity contribution in [1.82, 2.24) is 0 Å². The Hall–Kier alpha value is -2.48. The number of carbonyl (C=O) groups is 2. The van der Waals surface area contributed by atoms with Crippen LogP contribution in [0.5, 0.6) is 0 Å². The molecule has 38 heavy (non-hydrogen) atoms. The summed E-state index contributed by atoms with van der Waals surface area (Å²) in [5, 5.41) is 0.0675. The van der Waals surface area contributed by atoms with Crippen LogP contribution in [0.4, 0.5) is 13.2 Å². The lowest BCUT2D eigenvalue weighted by molar-refractivity contribution is -0.161. The standard InChI is InChI=1S/C29H27Cl2F3O3S/c1-18-12-20(10-11-24(18)26(36)37-27(2,3)4)25(35)16-28(29(32,33)34,21-13-22(30)15-23(31)14-21)38-17-19-8-6-5-7-9-19/h5-15H,16-17H2,1-4H3. The second-order valence-corrected chi connectivity index (χ2v) is 12.0. The molecule has 0 saturated heterocycles. The lowest BCUT2D eigenvalue weighted by atomic mass is 9.89. The number of alkyl halides is 3. The van der Waals surface area contributed by atoms with Crippen molar-refractivity contribution in [2.45, 2.75) is 56.4 Å². The summed E-state index contributed by atoms with van der Waals surface area (Å²) in [6.45, 7) is 6.78. The van der Waals surface area contributed by atoms with Gasteiger partial charge in [-0.1, -0.05) is 59.6 Å². The summed E-state index contributed by atoms with van der Waals surface area (Å²) in [4.78, 5) is 25.9. The highest BCUT2D eigenvalue weighted by Crippen LogP contribution is 2.54. The average Bonchev–Trinajstić information content (AvgIpc) is 2.79. The first-order valence-electron chi connectivity index (χ1n) is 11.7. The molecule has 0 saturated carbocycles. The van der Waals surface area contributed by atoms with Crippen LogP contribution in [0.2, 0.25) is 10.0 Å². The molecule has 3 rings (SSSR count). The van der Waals surface area contributed by atoms with Crippen LogP contribution in [0.3, 0.4) is 0 Å². The zero-order valence-corrected chi connectivity index (χ0v) is 23.6. The first-order chi connectivity index (χ1) is 17.6. The summed E-state index contributed by atoms with van der Waals surface area (Å²) >= 11 is 12.8. The van der Waals surface area contributed by atoms with Crippen LogP contribution in [0, 0.1) is 6.92 Å². The van der Waals surface area contributed by atoms with Crippen molar-refractivity contribution in [3.8, 4) is 0 Å². The Morgan fingerprint density at radius 3 is 2.03 bits per heavy atom. The molecule has 0 bridgehead atoms. The fraction of sp³-hybridized carbons (Fsp3) is 0.310. The zero-order valence-electron chi connectivity index (χ0n) is 21.3. The number of thioether (sulfide) groups is 1. The molecular formula is C29H27Cl2F3O3S. The van der Waals surface area contributed by atoms with E-state index in [0.29, 0.717) is 22.9 Å². The second-order valence-electron chi connectivity index (χ2n) is 9.89. The fourth-order valence-corrected chi connectivity index (χ4v) is 5.69. The molecule has 1 unspecified atom stereocenters. The number of aryl methyl sites for hydroxylation is 1. The van der Waals surface area contributed by atoms with Gasteiger partial charge in [0, 0.05) is 27.8 Å². The number of ketones is 1. The van der Waals surface area contributed by atoms with Crippen molar-refractivity contribution in [2.75, 3.05) is 0 Å². The highest BCUT2D eigenvalue weighted by molar-refractivity contribution is 7.99. The number of benzene rings is 3. The normalized spacial score (nSPS) is 13.6. The van der Waals surface area contributed by atoms with E-state index in [1.807, 2.05) is 0 Å². The molecule has 0 radical (unpaired) electrons. The van der Waals surface area contributed by atoms with Gasteiger partial charge in [-0.05, 0) is 74.7 Å². The predicted molar refractivity (Wildman–Crippen MR) is 147 cm³/mol. The van der Waals surface area contributed by atoms with E-state index in [-0.39, 0.29) is 32.5 Å². The number of ether oxygens (including phenoxy) is 1. The molecule has 3 aromatic rings. The van der Waals surface area contributed by atoms with Crippen molar-refractivity contribution in [2.24, 2.45) is 0 Å². The van der Waals surface area contributed by atoms with Gasteiger partial charge in [-0.2, -0.15) is 13.2 Å². The monoisotopic (exact) mass is 582 g/mol.